The fraction of sp³-hybridized carbons (Fsp3) is 0.615. The molecule has 1 saturated carbocycles. The van der Waals surface area contributed by atoms with Crippen molar-refractivity contribution in [2.75, 3.05) is 18.1 Å². The van der Waals surface area contributed by atoms with Crippen molar-refractivity contribution in [2.45, 2.75) is 38.3 Å². The smallest absolute Gasteiger partial charge is 0.147 e. The van der Waals surface area contributed by atoms with E-state index in [0.29, 0.717) is 11.1 Å². The second-order valence-corrected chi connectivity index (χ2v) is 5.07. The van der Waals surface area contributed by atoms with Crippen LogP contribution in [0, 0.1) is 0 Å². The minimum absolute atomic E-state index is 0.0485. The predicted octanol–water partition coefficient (Wildman–Crippen LogP) is 1.97. The molecule has 5 heteroatoms. The van der Waals surface area contributed by atoms with Crippen molar-refractivity contribution >= 4 is 17.4 Å². The van der Waals surface area contributed by atoms with E-state index in [1.165, 1.54) is 6.42 Å². The van der Waals surface area contributed by atoms with E-state index in [-0.39, 0.29) is 13.2 Å². The lowest BCUT2D eigenvalue weighted by Crippen LogP contribution is -2.41. The number of aliphatic hydroxyl groups is 2. The average Bonchev–Trinajstić information content (AvgIpc) is 2.32. The van der Waals surface area contributed by atoms with Crippen LogP contribution in [0.5, 0.6) is 0 Å². The number of anilines is 1. The van der Waals surface area contributed by atoms with Crippen LogP contribution in [0.4, 0.5) is 5.82 Å². The fourth-order valence-corrected chi connectivity index (χ4v) is 2.47. The highest BCUT2D eigenvalue weighted by atomic mass is 35.5. The highest BCUT2D eigenvalue weighted by molar-refractivity contribution is 6.33. The first kappa shape index (κ1) is 13.6. The van der Waals surface area contributed by atoms with E-state index >= 15 is 0 Å². The number of aliphatic hydroxyl groups excluding tert-OH is 2. The lowest BCUT2D eigenvalue weighted by molar-refractivity contribution is 0.281. The Morgan fingerprint density at radius 1 is 1.39 bits per heavy atom. The van der Waals surface area contributed by atoms with Gasteiger partial charge in [0.05, 0.1) is 11.6 Å². The van der Waals surface area contributed by atoms with E-state index in [2.05, 4.69) is 9.88 Å². The predicted molar refractivity (Wildman–Crippen MR) is 71.9 cm³/mol. The highest BCUT2D eigenvalue weighted by Gasteiger charge is 2.27. The van der Waals surface area contributed by atoms with Crippen LogP contribution < -0.4 is 4.90 Å². The molecule has 0 atom stereocenters. The molecule has 0 aromatic carbocycles. The number of nitrogens with zero attached hydrogens (tertiary/aromatic N) is 2. The van der Waals surface area contributed by atoms with Crippen LogP contribution in [-0.2, 0) is 6.61 Å². The molecule has 0 radical (unpaired) electrons. The van der Waals surface area contributed by atoms with Crippen LogP contribution in [0.2, 0.25) is 5.02 Å². The number of pyridine rings is 1. The summed E-state index contributed by atoms with van der Waals surface area (Å²) in [5, 5.41) is 18.6. The van der Waals surface area contributed by atoms with Gasteiger partial charge in [-0.3, -0.25) is 0 Å². The van der Waals surface area contributed by atoms with Gasteiger partial charge in [-0.2, -0.15) is 0 Å². The van der Waals surface area contributed by atoms with Crippen molar-refractivity contribution in [3.05, 3.63) is 22.8 Å². The molecular weight excluding hydrogens is 252 g/mol. The Bertz CT molecular complexity index is 397. The Labute approximate surface area is 112 Å². The maximum atomic E-state index is 9.05. The lowest BCUT2D eigenvalue weighted by Gasteiger charge is -2.38. The summed E-state index contributed by atoms with van der Waals surface area (Å²) in [6, 6.07) is 2.25. The fourth-order valence-electron chi connectivity index (χ4n) is 2.17. The van der Waals surface area contributed by atoms with Crippen LogP contribution in [0.15, 0.2) is 12.3 Å². The second kappa shape index (κ2) is 6.36. The van der Waals surface area contributed by atoms with Crippen molar-refractivity contribution in [1.82, 2.24) is 4.98 Å². The summed E-state index contributed by atoms with van der Waals surface area (Å²) in [5.74, 6) is 0.770. The molecule has 0 aliphatic heterocycles. The molecule has 100 valence electrons. The molecule has 0 unspecified atom stereocenters. The van der Waals surface area contributed by atoms with E-state index in [9.17, 15) is 0 Å². The number of rotatable bonds is 6. The molecule has 4 nitrogen and oxygen atoms in total. The zero-order chi connectivity index (χ0) is 13.0. The third-order valence-corrected chi connectivity index (χ3v) is 3.68. The van der Waals surface area contributed by atoms with Gasteiger partial charge in [0.15, 0.2) is 0 Å². The zero-order valence-electron chi connectivity index (χ0n) is 10.3. The van der Waals surface area contributed by atoms with Crippen molar-refractivity contribution in [3.8, 4) is 0 Å². The van der Waals surface area contributed by atoms with Gasteiger partial charge >= 0.3 is 0 Å². The number of hydrogen-bond donors (Lipinski definition) is 2. The monoisotopic (exact) mass is 270 g/mol. The standard InChI is InChI=1S/C13H19ClN2O2/c14-12-7-10(9-18)8-15-13(12)16(5-2-6-17)11-3-1-4-11/h7-8,11,17-18H,1-6,9H2. The Hall–Kier alpha value is -0.840. The largest absolute Gasteiger partial charge is 0.396 e. The number of aromatic nitrogens is 1. The van der Waals surface area contributed by atoms with Gasteiger partial charge < -0.3 is 15.1 Å². The molecule has 2 N–H and O–H groups in total. The SMILES string of the molecule is OCCCN(c1ncc(CO)cc1Cl)C1CCC1. The van der Waals surface area contributed by atoms with Gasteiger partial charge in [-0.05, 0) is 37.3 Å². The normalized spacial score (nSPS) is 15.5. The lowest BCUT2D eigenvalue weighted by atomic mass is 9.91. The summed E-state index contributed by atoms with van der Waals surface area (Å²) in [7, 11) is 0. The van der Waals surface area contributed by atoms with Gasteiger partial charge in [-0.1, -0.05) is 11.6 Å². The maximum Gasteiger partial charge on any atom is 0.147 e. The molecule has 1 aliphatic carbocycles. The first-order valence-electron chi connectivity index (χ1n) is 6.39. The molecular formula is C13H19ClN2O2. The second-order valence-electron chi connectivity index (χ2n) is 4.66. The van der Waals surface area contributed by atoms with Crippen molar-refractivity contribution in [3.63, 3.8) is 0 Å². The van der Waals surface area contributed by atoms with Crippen LogP contribution >= 0.6 is 11.6 Å². The molecule has 1 aromatic heterocycles. The molecule has 1 fully saturated rings. The van der Waals surface area contributed by atoms with Crippen molar-refractivity contribution < 1.29 is 10.2 Å². The first-order valence-corrected chi connectivity index (χ1v) is 6.77. The molecule has 0 bridgehead atoms. The summed E-state index contributed by atoms with van der Waals surface area (Å²) >= 11 is 6.23. The minimum atomic E-state index is -0.0485. The topological polar surface area (TPSA) is 56.6 Å². The molecule has 0 saturated heterocycles. The summed E-state index contributed by atoms with van der Waals surface area (Å²) in [5.41, 5.74) is 0.722. The Morgan fingerprint density at radius 2 is 2.17 bits per heavy atom. The summed E-state index contributed by atoms with van der Waals surface area (Å²) in [6.07, 6.45) is 5.94. The van der Waals surface area contributed by atoms with Gasteiger partial charge in [0.1, 0.15) is 5.82 Å². The zero-order valence-corrected chi connectivity index (χ0v) is 11.1. The van der Waals surface area contributed by atoms with E-state index in [4.69, 9.17) is 21.8 Å². The Morgan fingerprint density at radius 3 is 2.67 bits per heavy atom. The Balaban J connectivity index is 2.18. The minimum Gasteiger partial charge on any atom is -0.396 e. The number of halogens is 1. The van der Waals surface area contributed by atoms with E-state index in [1.54, 1.807) is 12.3 Å². The molecule has 1 aromatic rings. The van der Waals surface area contributed by atoms with Crippen LogP contribution in [0.25, 0.3) is 0 Å². The van der Waals surface area contributed by atoms with E-state index in [1.807, 2.05) is 0 Å². The molecule has 0 amide bonds. The van der Waals surface area contributed by atoms with Gasteiger partial charge in [-0.15, -0.1) is 0 Å². The molecule has 2 rings (SSSR count). The molecule has 1 heterocycles. The third kappa shape index (κ3) is 2.94. The molecule has 1 aliphatic rings. The van der Waals surface area contributed by atoms with Crippen LogP contribution in [0.3, 0.4) is 0 Å². The van der Waals surface area contributed by atoms with Crippen molar-refractivity contribution in [2.24, 2.45) is 0 Å². The maximum absolute atomic E-state index is 9.05. The summed E-state index contributed by atoms with van der Waals surface area (Å²) in [4.78, 5) is 6.54. The quantitative estimate of drug-likeness (QED) is 0.830. The first-order chi connectivity index (χ1) is 8.76. The molecule has 18 heavy (non-hydrogen) atoms. The van der Waals surface area contributed by atoms with Crippen LogP contribution in [0.1, 0.15) is 31.2 Å². The number of hydrogen-bond acceptors (Lipinski definition) is 4. The summed E-state index contributed by atoms with van der Waals surface area (Å²) in [6.45, 7) is 0.898. The van der Waals surface area contributed by atoms with E-state index in [0.717, 1.165) is 37.2 Å². The van der Waals surface area contributed by atoms with Gasteiger partial charge in [0.2, 0.25) is 0 Å². The van der Waals surface area contributed by atoms with Crippen molar-refractivity contribution in [1.29, 1.82) is 0 Å². The van der Waals surface area contributed by atoms with Gasteiger partial charge in [0.25, 0.3) is 0 Å². The highest BCUT2D eigenvalue weighted by Crippen LogP contribution is 2.32. The van der Waals surface area contributed by atoms with Gasteiger partial charge in [0, 0.05) is 25.4 Å². The average molecular weight is 271 g/mol. The van der Waals surface area contributed by atoms with Gasteiger partial charge in [-0.25, -0.2) is 4.98 Å². The third-order valence-electron chi connectivity index (χ3n) is 3.41. The Kier molecular flexibility index (Phi) is 4.80. The summed E-state index contributed by atoms with van der Waals surface area (Å²) < 4.78 is 0. The molecule has 0 spiro atoms. The van der Waals surface area contributed by atoms with E-state index < -0.39 is 0 Å². The van der Waals surface area contributed by atoms with Crippen LogP contribution in [-0.4, -0.2) is 34.4 Å².